The van der Waals surface area contributed by atoms with Gasteiger partial charge in [0.2, 0.25) is 0 Å². The number of rotatable bonds is 2. The van der Waals surface area contributed by atoms with Crippen LogP contribution < -0.4 is 0 Å². The van der Waals surface area contributed by atoms with Gasteiger partial charge in [0.1, 0.15) is 10.5 Å². The molecular formula is C13H10N2O2S. The first-order valence-corrected chi connectivity index (χ1v) is 6.29. The van der Waals surface area contributed by atoms with Gasteiger partial charge in [0.25, 0.3) is 0 Å². The lowest BCUT2D eigenvalue weighted by Gasteiger charge is -1.94. The van der Waals surface area contributed by atoms with Gasteiger partial charge in [0.05, 0.1) is 10.6 Å². The molecule has 18 heavy (non-hydrogen) atoms. The van der Waals surface area contributed by atoms with Crippen molar-refractivity contribution in [3.63, 3.8) is 0 Å². The lowest BCUT2D eigenvalue weighted by Crippen LogP contribution is -1.79. The fraction of sp³-hybridized carbons (Fsp3) is 0.154. The zero-order valence-corrected chi connectivity index (χ0v) is 10.7. The largest absolute Gasteiger partial charge is 0.441 e. The summed E-state index contributed by atoms with van der Waals surface area (Å²) in [5, 5.41) is 0.831. The van der Waals surface area contributed by atoms with Gasteiger partial charge < -0.3 is 4.42 Å². The molecule has 0 unspecified atom stereocenters. The number of benzene rings is 1. The van der Waals surface area contributed by atoms with E-state index in [0.717, 1.165) is 33.7 Å². The highest BCUT2D eigenvalue weighted by atomic mass is 32.1. The van der Waals surface area contributed by atoms with Crippen LogP contribution in [0.5, 0.6) is 0 Å². The van der Waals surface area contributed by atoms with Crippen molar-refractivity contribution in [1.82, 2.24) is 9.97 Å². The van der Waals surface area contributed by atoms with Gasteiger partial charge in [0.15, 0.2) is 17.8 Å². The number of hydrogen-bond donors (Lipinski definition) is 0. The number of hydrogen-bond acceptors (Lipinski definition) is 5. The molecule has 0 saturated heterocycles. The van der Waals surface area contributed by atoms with Gasteiger partial charge in [-0.15, -0.1) is 11.3 Å². The Morgan fingerprint density at radius 1 is 1.28 bits per heavy atom. The number of nitrogens with zero attached hydrogens (tertiary/aromatic N) is 2. The first kappa shape index (κ1) is 11.1. The van der Waals surface area contributed by atoms with Crippen LogP contribution >= 0.6 is 11.3 Å². The van der Waals surface area contributed by atoms with Crippen molar-refractivity contribution in [2.45, 2.75) is 13.8 Å². The van der Waals surface area contributed by atoms with Crippen LogP contribution in [0.4, 0.5) is 0 Å². The fourth-order valence-electron chi connectivity index (χ4n) is 1.82. The molecule has 3 aromatic rings. The summed E-state index contributed by atoms with van der Waals surface area (Å²) in [5.74, 6) is 0.644. The highest BCUT2D eigenvalue weighted by molar-refractivity contribution is 7.16. The summed E-state index contributed by atoms with van der Waals surface area (Å²) in [5.41, 5.74) is 3.30. The van der Waals surface area contributed by atoms with E-state index in [-0.39, 0.29) is 0 Å². The summed E-state index contributed by atoms with van der Waals surface area (Å²) in [7, 11) is 0. The summed E-state index contributed by atoms with van der Waals surface area (Å²) < 4.78 is 5.42. The van der Waals surface area contributed by atoms with Crippen LogP contribution in [0.2, 0.25) is 0 Å². The number of carbonyl (C=O) groups is 1. The Bertz CT molecular complexity index is 743. The van der Waals surface area contributed by atoms with Gasteiger partial charge in [-0.2, -0.15) is 0 Å². The van der Waals surface area contributed by atoms with Crippen molar-refractivity contribution >= 4 is 28.7 Å². The van der Waals surface area contributed by atoms with Crippen molar-refractivity contribution in [3.8, 4) is 10.6 Å². The zero-order chi connectivity index (χ0) is 12.7. The molecule has 0 atom stereocenters. The van der Waals surface area contributed by atoms with E-state index >= 15 is 0 Å². The second kappa shape index (κ2) is 4.03. The van der Waals surface area contributed by atoms with Crippen LogP contribution in [0.25, 0.3) is 21.7 Å². The quantitative estimate of drug-likeness (QED) is 0.661. The average Bonchev–Trinajstić information content (AvgIpc) is 2.89. The van der Waals surface area contributed by atoms with Crippen molar-refractivity contribution in [2.24, 2.45) is 0 Å². The van der Waals surface area contributed by atoms with Crippen LogP contribution in [0.1, 0.15) is 21.3 Å². The summed E-state index contributed by atoms with van der Waals surface area (Å²) in [6.07, 6.45) is 0.843. The van der Waals surface area contributed by atoms with Crippen LogP contribution in [-0.2, 0) is 0 Å². The van der Waals surface area contributed by atoms with Crippen LogP contribution in [-0.4, -0.2) is 16.3 Å². The lowest BCUT2D eigenvalue weighted by molar-refractivity contribution is 0.112. The third-order valence-corrected chi connectivity index (χ3v) is 3.81. The number of oxazole rings is 1. The SMILES string of the molecule is Cc1nc2cc(-c3nc(C)c(C=O)s3)ccc2o1. The average molecular weight is 258 g/mol. The minimum atomic E-state index is 0.644. The number of aromatic nitrogens is 2. The normalized spacial score (nSPS) is 11.0. The molecule has 0 fully saturated rings. The predicted molar refractivity (Wildman–Crippen MR) is 70.0 cm³/mol. The molecule has 0 aliphatic heterocycles. The van der Waals surface area contributed by atoms with E-state index < -0.39 is 0 Å². The predicted octanol–water partition coefficient (Wildman–Crippen LogP) is 3.38. The molecule has 0 amide bonds. The second-order valence-corrected chi connectivity index (χ2v) is 5.03. The van der Waals surface area contributed by atoms with Gasteiger partial charge in [-0.25, -0.2) is 9.97 Å². The van der Waals surface area contributed by atoms with E-state index in [1.165, 1.54) is 11.3 Å². The van der Waals surface area contributed by atoms with Crippen LogP contribution in [0.15, 0.2) is 22.6 Å². The van der Waals surface area contributed by atoms with E-state index in [1.54, 1.807) is 0 Å². The standard InChI is InChI=1S/C13H10N2O2S/c1-7-12(6-16)18-13(14-7)9-3-4-11-10(5-9)15-8(2)17-11/h3-6H,1-2H3. The Labute approximate surface area is 107 Å². The van der Waals surface area contributed by atoms with E-state index in [9.17, 15) is 4.79 Å². The molecule has 1 aromatic carbocycles. The number of aldehydes is 1. The molecule has 0 radical (unpaired) electrons. The Morgan fingerprint density at radius 3 is 2.83 bits per heavy atom. The van der Waals surface area contributed by atoms with Gasteiger partial charge in [-0.3, -0.25) is 4.79 Å². The first-order chi connectivity index (χ1) is 8.67. The molecular weight excluding hydrogens is 248 g/mol. The number of thiazole rings is 1. The van der Waals surface area contributed by atoms with Gasteiger partial charge in [-0.05, 0) is 25.1 Å². The summed E-state index contributed by atoms with van der Waals surface area (Å²) in [6.45, 7) is 3.65. The maximum absolute atomic E-state index is 10.8. The number of fused-ring (bicyclic) bond motifs is 1. The Morgan fingerprint density at radius 2 is 2.11 bits per heavy atom. The van der Waals surface area contributed by atoms with Gasteiger partial charge in [-0.1, -0.05) is 0 Å². The highest BCUT2D eigenvalue weighted by Crippen LogP contribution is 2.29. The van der Waals surface area contributed by atoms with Crippen molar-refractivity contribution in [1.29, 1.82) is 0 Å². The zero-order valence-electron chi connectivity index (χ0n) is 9.93. The van der Waals surface area contributed by atoms with Crippen LogP contribution in [0, 0.1) is 13.8 Å². The molecule has 5 heteroatoms. The lowest BCUT2D eigenvalue weighted by atomic mass is 10.2. The van der Waals surface area contributed by atoms with E-state index in [0.29, 0.717) is 10.8 Å². The third kappa shape index (κ3) is 1.73. The molecule has 0 spiro atoms. The second-order valence-electron chi connectivity index (χ2n) is 4.00. The molecule has 3 rings (SSSR count). The minimum Gasteiger partial charge on any atom is -0.441 e. The molecule has 90 valence electrons. The molecule has 0 N–H and O–H groups in total. The van der Waals surface area contributed by atoms with E-state index in [4.69, 9.17) is 4.42 Å². The van der Waals surface area contributed by atoms with Crippen molar-refractivity contribution in [2.75, 3.05) is 0 Å². The summed E-state index contributed by atoms with van der Waals surface area (Å²) >= 11 is 1.39. The molecule has 0 saturated carbocycles. The Hall–Kier alpha value is -2.01. The molecule has 0 bridgehead atoms. The van der Waals surface area contributed by atoms with E-state index in [1.807, 2.05) is 32.0 Å². The summed E-state index contributed by atoms with van der Waals surface area (Å²) in [4.78, 5) is 20.2. The molecule has 2 heterocycles. The van der Waals surface area contributed by atoms with Crippen molar-refractivity contribution < 1.29 is 9.21 Å². The smallest absolute Gasteiger partial charge is 0.192 e. The van der Waals surface area contributed by atoms with Crippen LogP contribution in [0.3, 0.4) is 0 Å². The number of carbonyl (C=O) groups excluding carboxylic acids is 1. The Balaban J connectivity index is 2.15. The molecule has 4 nitrogen and oxygen atoms in total. The maximum atomic E-state index is 10.8. The molecule has 0 aliphatic carbocycles. The van der Waals surface area contributed by atoms with Crippen molar-refractivity contribution in [3.05, 3.63) is 34.7 Å². The van der Waals surface area contributed by atoms with Gasteiger partial charge >= 0.3 is 0 Å². The minimum absolute atomic E-state index is 0.644. The first-order valence-electron chi connectivity index (χ1n) is 5.47. The topological polar surface area (TPSA) is 56.0 Å². The summed E-state index contributed by atoms with van der Waals surface area (Å²) in [6, 6.07) is 5.74. The van der Waals surface area contributed by atoms with E-state index in [2.05, 4.69) is 9.97 Å². The molecule has 0 aliphatic rings. The fourth-order valence-corrected chi connectivity index (χ4v) is 2.69. The third-order valence-electron chi connectivity index (χ3n) is 2.68. The van der Waals surface area contributed by atoms with Gasteiger partial charge in [0, 0.05) is 12.5 Å². The maximum Gasteiger partial charge on any atom is 0.192 e. The Kier molecular flexibility index (Phi) is 2.48. The monoisotopic (exact) mass is 258 g/mol. The molecule has 2 aromatic heterocycles. The number of aryl methyl sites for hydroxylation is 2. The highest BCUT2D eigenvalue weighted by Gasteiger charge is 2.10.